The maximum absolute atomic E-state index is 2.37. The van der Waals surface area contributed by atoms with Crippen molar-refractivity contribution in [3.63, 3.8) is 0 Å². The van der Waals surface area contributed by atoms with Gasteiger partial charge >= 0.3 is 0 Å². The van der Waals surface area contributed by atoms with Crippen molar-refractivity contribution in [2.75, 3.05) is 0 Å². The topological polar surface area (TPSA) is 0 Å². The van der Waals surface area contributed by atoms with E-state index in [0.29, 0.717) is 0 Å². The summed E-state index contributed by atoms with van der Waals surface area (Å²) in [5, 5.41) is 0. The highest BCUT2D eigenvalue weighted by Crippen LogP contribution is 2.36. The largest absolute Gasteiger partial charge is 0.0622 e. The zero-order chi connectivity index (χ0) is 15.0. The zero-order valence-corrected chi connectivity index (χ0v) is 13.6. The van der Waals surface area contributed by atoms with Crippen LogP contribution >= 0.6 is 0 Å². The first kappa shape index (κ1) is 14.8. The lowest BCUT2D eigenvalue weighted by Crippen LogP contribution is -2.21. The van der Waals surface area contributed by atoms with Crippen molar-refractivity contribution in [3.05, 3.63) is 59.7 Å². The van der Waals surface area contributed by atoms with Crippen LogP contribution < -0.4 is 0 Å². The molecular weight excluding hydrogens is 240 g/mol. The molecule has 0 heterocycles. The summed E-state index contributed by atoms with van der Waals surface area (Å²) in [4.78, 5) is 0. The maximum Gasteiger partial charge on any atom is -0.0129 e. The predicted molar refractivity (Wildman–Crippen MR) is 89.3 cm³/mol. The first-order valence-electron chi connectivity index (χ1n) is 7.40. The second-order valence-electron chi connectivity index (χ2n) is 7.63. The fraction of sp³-hybridized carbons (Fsp3) is 0.400. The minimum absolute atomic E-state index is 0.160. The fourth-order valence-corrected chi connectivity index (χ4v) is 2.63. The molecule has 0 N–H and O–H groups in total. The average Bonchev–Trinajstić information content (AvgIpc) is 2.37. The third-order valence-electron chi connectivity index (χ3n) is 3.74. The van der Waals surface area contributed by atoms with Crippen LogP contribution in [0.15, 0.2) is 48.5 Å². The van der Waals surface area contributed by atoms with E-state index in [4.69, 9.17) is 0 Å². The van der Waals surface area contributed by atoms with Gasteiger partial charge in [0, 0.05) is 0 Å². The van der Waals surface area contributed by atoms with Crippen molar-refractivity contribution in [2.24, 2.45) is 0 Å². The molecule has 0 nitrogen and oxygen atoms in total. The van der Waals surface area contributed by atoms with Crippen LogP contribution in [0.3, 0.4) is 0 Å². The normalized spacial score (nSPS) is 12.5. The third-order valence-corrected chi connectivity index (χ3v) is 3.74. The minimum atomic E-state index is 0.160. The monoisotopic (exact) mass is 266 g/mol. The van der Waals surface area contributed by atoms with Crippen LogP contribution in [-0.4, -0.2) is 0 Å². The highest BCUT2D eigenvalue weighted by molar-refractivity contribution is 5.65. The van der Waals surface area contributed by atoms with Crippen LogP contribution in [0.2, 0.25) is 0 Å². The summed E-state index contributed by atoms with van der Waals surface area (Å²) in [6, 6.07) is 17.6. The van der Waals surface area contributed by atoms with Gasteiger partial charge in [-0.25, -0.2) is 0 Å². The summed E-state index contributed by atoms with van der Waals surface area (Å²) in [5.74, 6) is 0. The summed E-state index contributed by atoms with van der Waals surface area (Å²) < 4.78 is 0. The molecule has 106 valence electrons. The molecule has 0 radical (unpaired) electrons. The number of hydrogen-bond acceptors (Lipinski definition) is 0. The predicted octanol–water partition coefficient (Wildman–Crippen LogP) is 5.95. The summed E-state index contributed by atoms with van der Waals surface area (Å²) in [6.07, 6.45) is 0. The number of hydrogen-bond donors (Lipinski definition) is 0. The summed E-state index contributed by atoms with van der Waals surface area (Å²) in [7, 11) is 0. The van der Waals surface area contributed by atoms with Crippen molar-refractivity contribution in [1.29, 1.82) is 0 Å². The Balaban J connectivity index is 2.62. The van der Waals surface area contributed by atoms with Gasteiger partial charge in [-0.15, -0.1) is 0 Å². The van der Waals surface area contributed by atoms with Gasteiger partial charge < -0.3 is 0 Å². The molecule has 2 aromatic carbocycles. The van der Waals surface area contributed by atoms with E-state index in [1.54, 1.807) is 0 Å². The Hall–Kier alpha value is -1.56. The van der Waals surface area contributed by atoms with E-state index >= 15 is 0 Å². The van der Waals surface area contributed by atoms with Crippen LogP contribution in [0.4, 0.5) is 0 Å². The van der Waals surface area contributed by atoms with Gasteiger partial charge in [-0.1, -0.05) is 90.1 Å². The molecule has 0 aromatic heterocycles. The Labute approximate surface area is 123 Å². The Kier molecular flexibility index (Phi) is 3.77. The van der Waals surface area contributed by atoms with Crippen LogP contribution in [0.25, 0.3) is 11.1 Å². The first-order valence-corrected chi connectivity index (χ1v) is 7.40. The zero-order valence-electron chi connectivity index (χ0n) is 13.6. The highest BCUT2D eigenvalue weighted by atomic mass is 14.3. The van der Waals surface area contributed by atoms with Gasteiger partial charge in [0.05, 0.1) is 0 Å². The first-order chi connectivity index (χ1) is 9.19. The summed E-state index contributed by atoms with van der Waals surface area (Å²) in [6.45, 7) is 13.8. The smallest absolute Gasteiger partial charge is 0.0129 e. The quantitative estimate of drug-likeness (QED) is 0.598. The van der Waals surface area contributed by atoms with Crippen molar-refractivity contribution in [3.8, 4) is 11.1 Å². The SMILES string of the molecule is CC(C)(C)c1ccc(-c2ccccc2)cc1C(C)(C)C. The Bertz CT molecular complexity index is 578. The molecule has 0 unspecified atom stereocenters. The molecule has 0 aliphatic heterocycles. The van der Waals surface area contributed by atoms with Crippen LogP contribution in [0.5, 0.6) is 0 Å². The molecule has 0 saturated carbocycles. The molecular formula is C20H26. The minimum Gasteiger partial charge on any atom is -0.0622 e. The van der Waals surface area contributed by atoms with Gasteiger partial charge in [-0.2, -0.15) is 0 Å². The lowest BCUT2D eigenvalue weighted by molar-refractivity contribution is 0.530. The second-order valence-corrected chi connectivity index (χ2v) is 7.63. The molecule has 0 spiro atoms. The summed E-state index contributed by atoms with van der Waals surface area (Å²) >= 11 is 0. The van der Waals surface area contributed by atoms with Gasteiger partial charge in [0.25, 0.3) is 0 Å². The third kappa shape index (κ3) is 3.12. The Morgan fingerprint density at radius 1 is 0.550 bits per heavy atom. The van der Waals surface area contributed by atoms with E-state index in [9.17, 15) is 0 Å². The molecule has 0 heteroatoms. The van der Waals surface area contributed by atoms with E-state index in [-0.39, 0.29) is 10.8 Å². The van der Waals surface area contributed by atoms with Gasteiger partial charge in [-0.05, 0) is 33.1 Å². The fourth-order valence-electron chi connectivity index (χ4n) is 2.63. The van der Waals surface area contributed by atoms with Gasteiger partial charge in [0.1, 0.15) is 0 Å². The molecule has 20 heavy (non-hydrogen) atoms. The Morgan fingerprint density at radius 3 is 1.60 bits per heavy atom. The summed E-state index contributed by atoms with van der Waals surface area (Å²) in [5.41, 5.74) is 5.84. The van der Waals surface area contributed by atoms with E-state index in [0.717, 1.165) is 0 Å². The van der Waals surface area contributed by atoms with Gasteiger partial charge in [-0.3, -0.25) is 0 Å². The van der Waals surface area contributed by atoms with Crippen LogP contribution in [-0.2, 0) is 10.8 Å². The number of rotatable bonds is 1. The van der Waals surface area contributed by atoms with E-state index in [1.165, 1.54) is 22.3 Å². The maximum atomic E-state index is 2.37. The van der Waals surface area contributed by atoms with Crippen LogP contribution in [0.1, 0.15) is 52.7 Å². The molecule has 0 atom stereocenters. The molecule has 0 amide bonds. The van der Waals surface area contributed by atoms with E-state index < -0.39 is 0 Å². The average molecular weight is 266 g/mol. The highest BCUT2D eigenvalue weighted by Gasteiger charge is 2.25. The lowest BCUT2D eigenvalue weighted by atomic mass is 9.74. The number of benzene rings is 2. The standard InChI is InChI=1S/C20H26/c1-19(2,3)17-13-12-16(14-18(17)20(4,5)6)15-10-8-7-9-11-15/h7-14H,1-6H3. The van der Waals surface area contributed by atoms with Gasteiger partial charge in [0.2, 0.25) is 0 Å². The van der Waals surface area contributed by atoms with E-state index in [2.05, 4.69) is 90.1 Å². The molecule has 0 bridgehead atoms. The van der Waals surface area contributed by atoms with Gasteiger partial charge in [0.15, 0.2) is 0 Å². The van der Waals surface area contributed by atoms with Crippen molar-refractivity contribution in [2.45, 2.75) is 52.4 Å². The molecule has 0 fully saturated rings. The van der Waals surface area contributed by atoms with Crippen molar-refractivity contribution >= 4 is 0 Å². The molecule has 0 aliphatic rings. The van der Waals surface area contributed by atoms with Crippen molar-refractivity contribution < 1.29 is 0 Å². The molecule has 0 aliphatic carbocycles. The second kappa shape index (κ2) is 5.09. The Morgan fingerprint density at radius 2 is 1.10 bits per heavy atom. The van der Waals surface area contributed by atoms with Crippen LogP contribution in [0, 0.1) is 0 Å². The van der Waals surface area contributed by atoms with E-state index in [1.807, 2.05) is 0 Å². The molecule has 0 saturated heterocycles. The van der Waals surface area contributed by atoms with Crippen molar-refractivity contribution in [1.82, 2.24) is 0 Å². The molecule has 2 aromatic rings. The molecule has 2 rings (SSSR count). The lowest BCUT2D eigenvalue weighted by Gasteiger charge is -2.30.